The van der Waals surface area contributed by atoms with Crippen LogP contribution < -0.4 is 25.6 Å². The van der Waals surface area contributed by atoms with Crippen LogP contribution in [0.25, 0.3) is 0 Å². The third-order valence-corrected chi connectivity index (χ3v) is 13.4. The van der Waals surface area contributed by atoms with Crippen LogP contribution in [-0.2, 0) is 12.8 Å². The highest BCUT2D eigenvalue weighted by molar-refractivity contribution is 7.20. The molecule has 0 fully saturated rings. The second kappa shape index (κ2) is 11.5. The molecule has 7 rings (SSSR count). The number of nitrogens with zero attached hydrogens (tertiary/aromatic N) is 4. The highest BCUT2D eigenvalue weighted by atomic mass is 28.3. The normalized spacial score (nSPS) is 12.3. The number of benzene rings is 5. The Bertz CT molecular complexity index is 1940. The SMILES string of the molecule is N#Cc1cc([Si](c2ccccc2)(c2ccccc2)c2ccccc2N2c3ccccc3CCc3ccccc32)cc(C#N)n1. The van der Waals surface area contributed by atoms with E-state index in [1.807, 2.05) is 24.3 Å². The van der Waals surface area contributed by atoms with Gasteiger partial charge in [0.05, 0.1) is 0 Å². The van der Waals surface area contributed by atoms with Crippen molar-refractivity contribution < 1.29 is 0 Å². The van der Waals surface area contributed by atoms with E-state index in [9.17, 15) is 10.5 Å². The van der Waals surface area contributed by atoms with Gasteiger partial charge in [0.25, 0.3) is 0 Å². The molecule has 0 amide bonds. The Morgan fingerprint density at radius 1 is 0.500 bits per heavy atom. The summed E-state index contributed by atoms with van der Waals surface area (Å²) in [5, 5.41) is 24.5. The standard InChI is InChI=1S/C39H28N4Si/c40-27-31-25-35(26-32(28-41)42-31)44(33-15-3-1-4-16-33,34-17-5-2-6-18-34)39-22-12-11-21-38(39)43-36-19-9-7-13-29(36)23-24-30-14-8-10-20-37(30)43/h1-22,25-26H,23-24H2. The minimum Gasteiger partial charge on any atom is -0.310 e. The maximum absolute atomic E-state index is 10.1. The topological polar surface area (TPSA) is 63.7 Å². The summed E-state index contributed by atoms with van der Waals surface area (Å²) in [6.07, 6.45) is 1.90. The molecule has 2 heterocycles. The van der Waals surface area contributed by atoms with Crippen molar-refractivity contribution in [3.05, 3.63) is 168 Å². The summed E-state index contributed by atoms with van der Waals surface area (Å²) in [4.78, 5) is 6.77. The summed E-state index contributed by atoms with van der Waals surface area (Å²) in [5.74, 6) is 0. The molecule has 0 saturated heterocycles. The summed E-state index contributed by atoms with van der Waals surface area (Å²) in [5.41, 5.74) is 6.50. The molecule has 5 aromatic carbocycles. The molecular formula is C39H28N4Si. The predicted molar refractivity (Wildman–Crippen MR) is 179 cm³/mol. The van der Waals surface area contributed by atoms with Crippen LogP contribution in [0.1, 0.15) is 22.5 Å². The van der Waals surface area contributed by atoms with E-state index in [2.05, 4.69) is 143 Å². The summed E-state index contributed by atoms with van der Waals surface area (Å²) in [7, 11) is -3.17. The molecule has 0 unspecified atom stereocenters. The molecule has 0 spiro atoms. The predicted octanol–water partition coefficient (Wildman–Crippen LogP) is 5.77. The van der Waals surface area contributed by atoms with Gasteiger partial charge in [-0.25, -0.2) is 4.98 Å². The van der Waals surface area contributed by atoms with Crippen LogP contribution in [0.2, 0.25) is 0 Å². The zero-order valence-electron chi connectivity index (χ0n) is 24.1. The van der Waals surface area contributed by atoms with Crippen molar-refractivity contribution in [1.29, 1.82) is 10.5 Å². The second-order valence-corrected chi connectivity index (χ2v) is 14.7. The lowest BCUT2D eigenvalue weighted by Gasteiger charge is -2.38. The molecule has 0 radical (unpaired) electrons. The maximum atomic E-state index is 10.1. The van der Waals surface area contributed by atoms with Gasteiger partial charge in [-0.15, -0.1) is 0 Å². The molecule has 0 N–H and O–H groups in total. The molecule has 1 aromatic heterocycles. The summed E-state index contributed by atoms with van der Waals surface area (Å²) in [6, 6.07) is 55.5. The number of hydrogen-bond donors (Lipinski definition) is 0. The highest BCUT2D eigenvalue weighted by Gasteiger charge is 2.44. The number of pyridine rings is 1. The number of fused-ring (bicyclic) bond motifs is 2. The summed E-state index contributed by atoms with van der Waals surface area (Å²) in [6.45, 7) is 0. The van der Waals surface area contributed by atoms with Crippen molar-refractivity contribution in [2.75, 3.05) is 4.90 Å². The lowest BCUT2D eigenvalue weighted by atomic mass is 10.0. The van der Waals surface area contributed by atoms with Crippen LogP contribution in [0.5, 0.6) is 0 Å². The third kappa shape index (κ3) is 4.48. The molecule has 44 heavy (non-hydrogen) atoms. The van der Waals surface area contributed by atoms with Crippen molar-refractivity contribution in [3.63, 3.8) is 0 Å². The first kappa shape index (κ1) is 27.1. The van der Waals surface area contributed by atoms with Crippen molar-refractivity contribution in [2.45, 2.75) is 12.8 Å². The van der Waals surface area contributed by atoms with Crippen LogP contribution >= 0.6 is 0 Å². The van der Waals surface area contributed by atoms with Gasteiger partial charge >= 0.3 is 0 Å². The Morgan fingerprint density at radius 3 is 1.43 bits per heavy atom. The van der Waals surface area contributed by atoms with Crippen LogP contribution in [0.15, 0.2) is 146 Å². The molecule has 5 heteroatoms. The Morgan fingerprint density at radius 2 is 0.932 bits per heavy atom. The molecule has 0 saturated carbocycles. The second-order valence-electron chi connectivity index (χ2n) is 10.9. The first-order valence-electron chi connectivity index (χ1n) is 14.7. The largest absolute Gasteiger partial charge is 0.310 e. The van der Waals surface area contributed by atoms with Crippen LogP contribution in [0, 0.1) is 22.7 Å². The lowest BCUT2D eigenvalue weighted by molar-refractivity contribution is 0.977. The number of hydrogen-bond acceptors (Lipinski definition) is 4. The number of para-hydroxylation sites is 3. The number of rotatable bonds is 5. The fourth-order valence-corrected chi connectivity index (χ4v) is 11.7. The van der Waals surface area contributed by atoms with Gasteiger partial charge in [0.2, 0.25) is 0 Å². The monoisotopic (exact) mass is 580 g/mol. The van der Waals surface area contributed by atoms with Gasteiger partial charge < -0.3 is 4.90 Å². The average molecular weight is 581 g/mol. The van der Waals surface area contributed by atoms with Crippen LogP contribution in [0.3, 0.4) is 0 Å². The van der Waals surface area contributed by atoms with E-state index >= 15 is 0 Å². The number of aromatic nitrogens is 1. The average Bonchev–Trinajstić information content (AvgIpc) is 3.27. The van der Waals surface area contributed by atoms with E-state index in [-0.39, 0.29) is 11.4 Å². The molecule has 1 aliphatic heterocycles. The van der Waals surface area contributed by atoms with Crippen molar-refractivity contribution in [1.82, 2.24) is 4.98 Å². The molecule has 0 aliphatic carbocycles. The lowest BCUT2D eigenvalue weighted by Crippen LogP contribution is -2.75. The van der Waals surface area contributed by atoms with Crippen molar-refractivity contribution in [2.24, 2.45) is 0 Å². The molecule has 0 atom stereocenters. The molecular weight excluding hydrogens is 553 g/mol. The van der Waals surface area contributed by atoms with E-state index in [1.165, 1.54) is 27.7 Å². The van der Waals surface area contributed by atoms with E-state index in [0.717, 1.165) is 34.1 Å². The fourth-order valence-electron chi connectivity index (χ4n) is 6.73. The van der Waals surface area contributed by atoms with E-state index in [1.54, 1.807) is 0 Å². The zero-order chi connectivity index (χ0) is 29.9. The summed E-state index contributed by atoms with van der Waals surface area (Å²) < 4.78 is 0. The van der Waals surface area contributed by atoms with E-state index in [4.69, 9.17) is 0 Å². The Labute approximate surface area is 258 Å². The van der Waals surface area contributed by atoms with E-state index < -0.39 is 8.07 Å². The number of nitriles is 2. The van der Waals surface area contributed by atoms with Gasteiger partial charge in [-0.05, 0) is 75.0 Å². The smallest absolute Gasteiger partial charge is 0.182 e. The first-order chi connectivity index (χ1) is 21.7. The quantitative estimate of drug-likeness (QED) is 0.192. The van der Waals surface area contributed by atoms with Gasteiger partial charge in [0, 0.05) is 17.1 Å². The van der Waals surface area contributed by atoms with Gasteiger partial charge in [0.1, 0.15) is 23.5 Å². The molecule has 208 valence electrons. The number of aryl methyl sites for hydroxylation is 2. The molecule has 1 aliphatic rings. The summed E-state index contributed by atoms with van der Waals surface area (Å²) >= 11 is 0. The Balaban J connectivity index is 1.65. The molecule has 0 bridgehead atoms. The van der Waals surface area contributed by atoms with Gasteiger partial charge in [-0.3, -0.25) is 0 Å². The number of anilines is 3. The van der Waals surface area contributed by atoms with Gasteiger partial charge in [0.15, 0.2) is 8.07 Å². The zero-order valence-corrected chi connectivity index (χ0v) is 25.1. The first-order valence-corrected chi connectivity index (χ1v) is 16.7. The minimum atomic E-state index is -3.17. The van der Waals surface area contributed by atoms with Gasteiger partial charge in [-0.1, -0.05) is 115 Å². The minimum absolute atomic E-state index is 0.241. The van der Waals surface area contributed by atoms with Crippen molar-refractivity contribution >= 4 is 45.9 Å². The van der Waals surface area contributed by atoms with Crippen LogP contribution in [-0.4, -0.2) is 13.1 Å². The fraction of sp³-hybridized carbons (Fsp3) is 0.0513. The molecule has 4 nitrogen and oxygen atoms in total. The maximum Gasteiger partial charge on any atom is 0.182 e. The highest BCUT2D eigenvalue weighted by Crippen LogP contribution is 2.41. The third-order valence-electron chi connectivity index (χ3n) is 8.58. The van der Waals surface area contributed by atoms with Crippen LogP contribution in [0.4, 0.5) is 17.1 Å². The van der Waals surface area contributed by atoms with Crippen molar-refractivity contribution in [3.8, 4) is 12.1 Å². The Kier molecular flexibility index (Phi) is 7.08. The van der Waals surface area contributed by atoms with Gasteiger partial charge in [-0.2, -0.15) is 10.5 Å². The molecule has 6 aromatic rings. The Hall–Kier alpha value is -5.75. The van der Waals surface area contributed by atoms with E-state index in [0.29, 0.717) is 0 Å².